The third-order valence-electron chi connectivity index (χ3n) is 2.36. The second-order valence-corrected chi connectivity index (χ2v) is 3.96. The maximum Gasteiger partial charge on any atom is 0.338 e. The zero-order chi connectivity index (χ0) is 12.9. The Morgan fingerprint density at radius 3 is 2.41 bits per heavy atom. The van der Waals surface area contributed by atoms with Crippen LogP contribution in [0.15, 0.2) is 12.2 Å². The van der Waals surface area contributed by atoms with E-state index in [0.717, 1.165) is 12.8 Å². The Balaban J connectivity index is 3.41. The monoisotopic (exact) mass is 241 g/mol. The highest BCUT2D eigenvalue weighted by molar-refractivity contribution is 5.92. The number of nitrogens with two attached hydrogens (primary N) is 1. The van der Waals surface area contributed by atoms with Crippen LogP contribution < -0.4 is 5.73 Å². The molecular formula is C13H23NO3. The van der Waals surface area contributed by atoms with Gasteiger partial charge in [0.15, 0.2) is 0 Å². The minimum atomic E-state index is -0.695. The molecule has 0 aliphatic carbocycles. The van der Waals surface area contributed by atoms with Crippen LogP contribution in [0.25, 0.3) is 0 Å². The maximum atomic E-state index is 11.0. The first-order chi connectivity index (χ1) is 8.20. The molecule has 0 bridgehead atoms. The Morgan fingerprint density at radius 2 is 1.76 bits per heavy atom. The van der Waals surface area contributed by atoms with Gasteiger partial charge in [-0.3, -0.25) is 4.79 Å². The van der Waals surface area contributed by atoms with Crippen molar-refractivity contribution in [3.63, 3.8) is 0 Å². The quantitative estimate of drug-likeness (QED) is 0.291. The van der Waals surface area contributed by atoms with Crippen LogP contribution in [0, 0.1) is 0 Å². The Labute approximate surface area is 103 Å². The lowest BCUT2D eigenvalue weighted by molar-refractivity contribution is -0.155. The Kier molecular flexibility index (Phi) is 10.6. The third-order valence-corrected chi connectivity index (χ3v) is 2.36. The molecule has 4 heteroatoms. The van der Waals surface area contributed by atoms with Gasteiger partial charge in [-0.2, -0.15) is 0 Å². The summed E-state index contributed by atoms with van der Waals surface area (Å²) in [7, 11) is 0. The molecule has 0 spiro atoms. The molecule has 0 aromatic rings. The molecule has 0 heterocycles. The van der Waals surface area contributed by atoms with Gasteiger partial charge in [-0.1, -0.05) is 45.1 Å². The molecule has 0 saturated heterocycles. The molecule has 0 rings (SSSR count). The topological polar surface area (TPSA) is 69.4 Å². The predicted octanol–water partition coefficient (Wildman–Crippen LogP) is 2.32. The van der Waals surface area contributed by atoms with Crippen molar-refractivity contribution in [1.82, 2.24) is 0 Å². The summed E-state index contributed by atoms with van der Waals surface area (Å²) in [5.41, 5.74) is 5.00. The molecule has 0 saturated carbocycles. The smallest absolute Gasteiger partial charge is 0.338 e. The normalized spacial score (nSPS) is 10.7. The predicted molar refractivity (Wildman–Crippen MR) is 67.3 cm³/mol. The average molecular weight is 241 g/mol. The van der Waals surface area contributed by atoms with Crippen molar-refractivity contribution in [3.05, 3.63) is 12.2 Å². The molecule has 0 aromatic carbocycles. The molecule has 17 heavy (non-hydrogen) atoms. The summed E-state index contributed by atoms with van der Waals surface area (Å²) in [5.74, 6) is -1.33. The number of allylic oxidation sites excluding steroid dienone is 1. The standard InChI is InChI=1S/C13H23NO3/c1-2-3-4-5-6-7-8-9-10-12(15)17-13(16)11-14/h9-10H,2-8,11,14H2,1H3. The van der Waals surface area contributed by atoms with Crippen molar-refractivity contribution in [3.8, 4) is 0 Å². The molecule has 0 aromatic heterocycles. The Morgan fingerprint density at radius 1 is 1.12 bits per heavy atom. The lowest BCUT2D eigenvalue weighted by Gasteiger charge is -1.98. The van der Waals surface area contributed by atoms with Crippen LogP contribution in [0.1, 0.15) is 51.9 Å². The van der Waals surface area contributed by atoms with Crippen LogP contribution in [-0.4, -0.2) is 18.5 Å². The Hall–Kier alpha value is -1.16. The van der Waals surface area contributed by atoms with Crippen LogP contribution in [0.3, 0.4) is 0 Å². The fraction of sp³-hybridized carbons (Fsp3) is 0.692. The molecular weight excluding hydrogens is 218 g/mol. The van der Waals surface area contributed by atoms with E-state index in [1.54, 1.807) is 6.08 Å². The van der Waals surface area contributed by atoms with Gasteiger partial charge in [0.05, 0.1) is 6.54 Å². The molecule has 0 unspecified atom stereocenters. The molecule has 0 atom stereocenters. The Bertz CT molecular complexity index is 249. The van der Waals surface area contributed by atoms with Crippen molar-refractivity contribution in [2.24, 2.45) is 5.73 Å². The summed E-state index contributed by atoms with van der Waals surface area (Å²) in [6.07, 6.45) is 11.2. The second-order valence-electron chi connectivity index (χ2n) is 3.96. The fourth-order valence-electron chi connectivity index (χ4n) is 1.41. The van der Waals surface area contributed by atoms with E-state index < -0.39 is 11.9 Å². The number of hydrogen-bond donors (Lipinski definition) is 1. The van der Waals surface area contributed by atoms with Crippen molar-refractivity contribution in [2.75, 3.05) is 6.54 Å². The van der Waals surface area contributed by atoms with E-state index in [0.29, 0.717) is 0 Å². The van der Waals surface area contributed by atoms with Gasteiger partial charge in [-0.05, 0) is 12.8 Å². The summed E-state index contributed by atoms with van der Waals surface area (Å²) in [4.78, 5) is 21.7. The number of hydrogen-bond acceptors (Lipinski definition) is 4. The van der Waals surface area contributed by atoms with Gasteiger partial charge in [-0.25, -0.2) is 4.79 Å². The zero-order valence-corrected chi connectivity index (χ0v) is 10.6. The molecule has 0 radical (unpaired) electrons. The van der Waals surface area contributed by atoms with E-state index in [1.165, 1.54) is 38.2 Å². The van der Waals surface area contributed by atoms with Crippen molar-refractivity contribution >= 4 is 11.9 Å². The number of esters is 2. The first-order valence-electron chi connectivity index (χ1n) is 6.32. The van der Waals surface area contributed by atoms with Crippen LogP contribution in [0.4, 0.5) is 0 Å². The number of carbonyl (C=O) groups excluding carboxylic acids is 2. The maximum absolute atomic E-state index is 11.0. The van der Waals surface area contributed by atoms with Crippen molar-refractivity contribution in [1.29, 1.82) is 0 Å². The van der Waals surface area contributed by atoms with Gasteiger partial charge in [0, 0.05) is 6.08 Å². The lowest BCUT2D eigenvalue weighted by atomic mass is 10.1. The van der Waals surface area contributed by atoms with E-state index in [-0.39, 0.29) is 6.54 Å². The zero-order valence-electron chi connectivity index (χ0n) is 10.6. The molecule has 0 aliphatic rings. The molecule has 2 N–H and O–H groups in total. The van der Waals surface area contributed by atoms with Crippen LogP contribution in [-0.2, 0) is 14.3 Å². The van der Waals surface area contributed by atoms with E-state index in [2.05, 4.69) is 11.7 Å². The highest BCUT2D eigenvalue weighted by atomic mass is 16.6. The summed E-state index contributed by atoms with van der Waals surface area (Å²) >= 11 is 0. The average Bonchev–Trinajstić information content (AvgIpc) is 2.32. The van der Waals surface area contributed by atoms with Gasteiger partial charge < -0.3 is 10.5 Å². The highest BCUT2D eigenvalue weighted by Gasteiger charge is 2.03. The molecule has 0 fully saturated rings. The number of ether oxygens (including phenoxy) is 1. The van der Waals surface area contributed by atoms with Gasteiger partial charge in [0.25, 0.3) is 0 Å². The van der Waals surface area contributed by atoms with E-state index >= 15 is 0 Å². The highest BCUT2D eigenvalue weighted by Crippen LogP contribution is 2.07. The first kappa shape index (κ1) is 15.8. The summed E-state index contributed by atoms with van der Waals surface area (Å²) in [6, 6.07) is 0. The first-order valence-corrected chi connectivity index (χ1v) is 6.32. The van der Waals surface area contributed by atoms with Crippen LogP contribution >= 0.6 is 0 Å². The molecule has 4 nitrogen and oxygen atoms in total. The van der Waals surface area contributed by atoms with E-state index in [9.17, 15) is 9.59 Å². The van der Waals surface area contributed by atoms with Gasteiger partial charge in [0.2, 0.25) is 0 Å². The number of carbonyl (C=O) groups is 2. The van der Waals surface area contributed by atoms with E-state index in [1.807, 2.05) is 0 Å². The minimum Gasteiger partial charge on any atom is -0.389 e. The lowest BCUT2D eigenvalue weighted by Crippen LogP contribution is -2.19. The van der Waals surface area contributed by atoms with Gasteiger partial charge in [0.1, 0.15) is 0 Å². The summed E-state index contributed by atoms with van der Waals surface area (Å²) in [6.45, 7) is 1.92. The molecule has 0 aliphatic heterocycles. The van der Waals surface area contributed by atoms with Gasteiger partial charge >= 0.3 is 11.9 Å². The number of rotatable bonds is 9. The molecule has 0 amide bonds. The number of unbranched alkanes of at least 4 members (excludes halogenated alkanes) is 6. The molecule has 98 valence electrons. The second kappa shape index (κ2) is 11.3. The van der Waals surface area contributed by atoms with Crippen LogP contribution in [0.5, 0.6) is 0 Å². The van der Waals surface area contributed by atoms with Crippen LogP contribution in [0.2, 0.25) is 0 Å². The fourth-order valence-corrected chi connectivity index (χ4v) is 1.41. The SMILES string of the molecule is CCCCCCCCC=CC(=O)OC(=O)CN. The van der Waals surface area contributed by atoms with Crippen molar-refractivity contribution in [2.45, 2.75) is 51.9 Å². The van der Waals surface area contributed by atoms with E-state index in [4.69, 9.17) is 5.73 Å². The third kappa shape index (κ3) is 11.1. The summed E-state index contributed by atoms with van der Waals surface area (Å²) < 4.78 is 4.37. The minimum absolute atomic E-state index is 0.267. The largest absolute Gasteiger partial charge is 0.389 e. The summed E-state index contributed by atoms with van der Waals surface area (Å²) in [5, 5.41) is 0. The van der Waals surface area contributed by atoms with Gasteiger partial charge in [-0.15, -0.1) is 0 Å². The van der Waals surface area contributed by atoms with Crippen molar-refractivity contribution < 1.29 is 14.3 Å².